The van der Waals surface area contributed by atoms with Crippen LogP contribution < -0.4 is 5.73 Å². The van der Waals surface area contributed by atoms with Crippen molar-refractivity contribution < 1.29 is 20.1 Å². The molecule has 4 N–H and O–H groups in total. The van der Waals surface area contributed by atoms with Crippen molar-refractivity contribution in [2.45, 2.75) is 39.2 Å². The van der Waals surface area contributed by atoms with Gasteiger partial charge in [0.15, 0.2) is 5.75 Å². The smallest absolute Gasteiger partial charge is 0.317 e. The van der Waals surface area contributed by atoms with Crippen LogP contribution in [0.4, 0.5) is 11.4 Å². The Morgan fingerprint density at radius 2 is 1.73 bits per heavy atom. The lowest BCUT2D eigenvalue weighted by molar-refractivity contribution is -0.394. The lowest BCUT2D eigenvalue weighted by Gasteiger charge is -2.10. The Morgan fingerprint density at radius 3 is 2.05 bits per heavy atom. The Labute approximate surface area is 127 Å². The molecule has 0 amide bonds. The van der Waals surface area contributed by atoms with E-state index in [1.807, 2.05) is 6.92 Å². The maximum Gasteiger partial charge on any atom is 0.317 e. The third-order valence-electron chi connectivity index (χ3n) is 3.00. The number of nitrogens with two attached hydrogens (primary N) is 1. The molecule has 0 radical (unpaired) electrons. The summed E-state index contributed by atoms with van der Waals surface area (Å²) < 4.78 is 0. The molecular weight excluding hydrogens is 294 g/mol. The van der Waals surface area contributed by atoms with Crippen LogP contribution in [0.5, 0.6) is 5.75 Å². The molecule has 1 aromatic carbocycles. The number of phenols is 1. The monoisotopic (exact) mass is 315 g/mol. The average Bonchev–Trinajstić information content (AvgIpc) is 2.46. The Bertz CT molecular complexity index is 533. The van der Waals surface area contributed by atoms with Crippen LogP contribution >= 0.6 is 0 Å². The highest BCUT2D eigenvalue weighted by Gasteiger charge is 2.25. The van der Waals surface area contributed by atoms with Crippen molar-refractivity contribution in [2.75, 3.05) is 6.54 Å². The van der Waals surface area contributed by atoms with Crippen molar-refractivity contribution in [3.63, 3.8) is 0 Å². The molecule has 1 aromatic rings. The average molecular weight is 315 g/mol. The minimum absolute atomic E-state index is 0.186. The van der Waals surface area contributed by atoms with E-state index >= 15 is 0 Å². The number of benzene rings is 1. The number of phenolic OH excluding ortho intramolecular Hbond substituents is 1. The van der Waals surface area contributed by atoms with Crippen molar-refractivity contribution in [1.29, 1.82) is 0 Å². The Kier molecular flexibility index (Phi) is 7.99. The molecule has 124 valence electrons. The summed E-state index contributed by atoms with van der Waals surface area (Å²) in [5.41, 5.74) is 4.14. The highest BCUT2D eigenvalue weighted by Crippen LogP contribution is 2.38. The van der Waals surface area contributed by atoms with Crippen molar-refractivity contribution in [1.82, 2.24) is 0 Å². The van der Waals surface area contributed by atoms with Crippen molar-refractivity contribution in [3.05, 3.63) is 37.9 Å². The van der Waals surface area contributed by atoms with Crippen molar-refractivity contribution in [3.8, 4) is 5.75 Å². The lowest BCUT2D eigenvalue weighted by atomic mass is 9.96. The van der Waals surface area contributed by atoms with E-state index in [1.54, 1.807) is 13.8 Å². The number of aliphatic hydroxyl groups excluding tert-OH is 1. The predicted octanol–water partition coefficient (Wildman–Crippen LogP) is 2.05. The van der Waals surface area contributed by atoms with Gasteiger partial charge in [0.1, 0.15) is 0 Å². The van der Waals surface area contributed by atoms with Crippen LogP contribution in [0, 0.1) is 20.2 Å². The van der Waals surface area contributed by atoms with Crippen molar-refractivity contribution in [2.24, 2.45) is 5.73 Å². The van der Waals surface area contributed by atoms with Crippen LogP contribution in [0.15, 0.2) is 12.1 Å². The van der Waals surface area contributed by atoms with E-state index in [4.69, 9.17) is 10.8 Å². The van der Waals surface area contributed by atoms with Gasteiger partial charge in [-0.05, 0) is 19.3 Å². The van der Waals surface area contributed by atoms with E-state index in [1.165, 1.54) is 6.07 Å². The molecule has 0 saturated carbocycles. The van der Waals surface area contributed by atoms with Gasteiger partial charge in [0.05, 0.1) is 22.0 Å². The molecule has 0 aromatic heterocycles. The molecule has 9 heteroatoms. The number of rotatable bonds is 5. The zero-order valence-corrected chi connectivity index (χ0v) is 12.7. The van der Waals surface area contributed by atoms with Crippen LogP contribution in [-0.2, 0) is 0 Å². The third kappa shape index (κ3) is 5.62. The third-order valence-corrected chi connectivity index (χ3v) is 3.00. The van der Waals surface area contributed by atoms with Gasteiger partial charge < -0.3 is 15.9 Å². The largest absolute Gasteiger partial charge is 0.502 e. The molecule has 0 fully saturated rings. The van der Waals surface area contributed by atoms with Gasteiger partial charge in [-0.2, -0.15) is 0 Å². The summed E-state index contributed by atoms with van der Waals surface area (Å²) in [4.78, 5) is 19.8. The zero-order chi connectivity index (χ0) is 17.4. The SMILES string of the molecule is CC(O)CN.CCC(C)c1cc([N+](=O)[O-])cc([N+](=O)[O-])c1O. The standard InChI is InChI=1S/C10H12N2O5.C3H9NO/c1-3-6(2)8-4-7(11(14)15)5-9(10(8)13)12(16)17;1-3(5)2-4/h4-6,13H,3H2,1-2H3;3,5H,2,4H2,1H3. The highest BCUT2D eigenvalue weighted by molar-refractivity contribution is 5.58. The van der Waals surface area contributed by atoms with E-state index in [0.717, 1.165) is 6.07 Å². The molecule has 0 spiro atoms. The molecule has 22 heavy (non-hydrogen) atoms. The Balaban J connectivity index is 0.000000763. The number of nitrogens with zero attached hydrogens (tertiary/aromatic N) is 2. The molecule has 9 nitrogen and oxygen atoms in total. The molecule has 0 aliphatic rings. The molecule has 2 unspecified atom stereocenters. The summed E-state index contributed by atoms with van der Waals surface area (Å²) in [7, 11) is 0. The molecule has 1 rings (SSSR count). The van der Waals surface area contributed by atoms with Crippen molar-refractivity contribution >= 4 is 11.4 Å². The fraction of sp³-hybridized carbons (Fsp3) is 0.538. The highest BCUT2D eigenvalue weighted by atomic mass is 16.6. The second-order valence-corrected chi connectivity index (χ2v) is 4.81. The predicted molar refractivity (Wildman–Crippen MR) is 80.9 cm³/mol. The number of aliphatic hydroxyl groups is 1. The summed E-state index contributed by atoms with van der Waals surface area (Å²) in [5.74, 6) is -0.677. The van der Waals surface area contributed by atoms with Crippen LogP contribution in [0.25, 0.3) is 0 Å². The molecule has 0 bridgehead atoms. The van der Waals surface area contributed by atoms with Gasteiger partial charge >= 0.3 is 5.69 Å². The first kappa shape index (κ1) is 19.7. The van der Waals surface area contributed by atoms with Crippen LogP contribution in [-0.4, -0.2) is 32.7 Å². The van der Waals surface area contributed by atoms with Gasteiger partial charge in [-0.1, -0.05) is 13.8 Å². The molecule has 0 aliphatic heterocycles. The van der Waals surface area contributed by atoms with Gasteiger partial charge in [0.25, 0.3) is 5.69 Å². The van der Waals surface area contributed by atoms with Crippen LogP contribution in [0.1, 0.15) is 38.7 Å². The molecule has 0 aliphatic carbocycles. The molecule has 2 atom stereocenters. The van der Waals surface area contributed by atoms with Crippen LogP contribution in [0.3, 0.4) is 0 Å². The maximum atomic E-state index is 10.7. The topological polar surface area (TPSA) is 153 Å². The normalized spacial score (nSPS) is 12.8. The summed E-state index contributed by atoms with van der Waals surface area (Å²) in [6.45, 7) is 5.58. The van der Waals surface area contributed by atoms with Gasteiger partial charge in [0.2, 0.25) is 0 Å². The fourth-order valence-corrected chi connectivity index (χ4v) is 1.47. The van der Waals surface area contributed by atoms with Gasteiger partial charge in [0, 0.05) is 18.2 Å². The first-order valence-corrected chi connectivity index (χ1v) is 6.69. The first-order chi connectivity index (χ1) is 10.1. The minimum Gasteiger partial charge on any atom is -0.502 e. The van der Waals surface area contributed by atoms with E-state index in [9.17, 15) is 25.3 Å². The number of nitro groups is 2. The lowest BCUT2D eigenvalue weighted by Crippen LogP contribution is -2.14. The number of non-ortho nitro benzene ring substituents is 1. The second kappa shape index (κ2) is 8.90. The van der Waals surface area contributed by atoms with E-state index < -0.39 is 21.3 Å². The summed E-state index contributed by atoms with van der Waals surface area (Å²) >= 11 is 0. The van der Waals surface area contributed by atoms with E-state index in [0.29, 0.717) is 13.0 Å². The molecular formula is C13H21N3O6. The fourth-order valence-electron chi connectivity index (χ4n) is 1.47. The van der Waals surface area contributed by atoms with Gasteiger partial charge in [-0.3, -0.25) is 20.2 Å². The minimum atomic E-state index is -0.825. The maximum absolute atomic E-state index is 10.7. The quantitative estimate of drug-likeness (QED) is 0.555. The van der Waals surface area contributed by atoms with Crippen LogP contribution in [0.2, 0.25) is 0 Å². The summed E-state index contributed by atoms with van der Waals surface area (Å²) in [5, 5.41) is 39.3. The number of hydrogen-bond donors (Lipinski definition) is 3. The zero-order valence-electron chi connectivity index (χ0n) is 12.7. The molecule has 0 heterocycles. The number of nitro benzene ring substituents is 2. The summed E-state index contributed by atoms with van der Waals surface area (Å²) in [6, 6.07) is 1.94. The Morgan fingerprint density at radius 1 is 1.23 bits per heavy atom. The second-order valence-electron chi connectivity index (χ2n) is 4.81. The van der Waals surface area contributed by atoms with E-state index in [2.05, 4.69) is 0 Å². The van der Waals surface area contributed by atoms with E-state index in [-0.39, 0.29) is 23.3 Å². The number of aromatic hydroxyl groups is 1. The number of hydrogen-bond acceptors (Lipinski definition) is 7. The summed E-state index contributed by atoms with van der Waals surface area (Å²) in [6.07, 6.45) is 0.279. The van der Waals surface area contributed by atoms with Gasteiger partial charge in [-0.25, -0.2) is 0 Å². The Hall–Kier alpha value is -2.26. The first-order valence-electron chi connectivity index (χ1n) is 6.69. The molecule has 0 saturated heterocycles. The van der Waals surface area contributed by atoms with Gasteiger partial charge in [-0.15, -0.1) is 0 Å².